The van der Waals surface area contributed by atoms with Gasteiger partial charge in [-0.2, -0.15) is 11.8 Å². The van der Waals surface area contributed by atoms with Crippen molar-refractivity contribution in [2.75, 3.05) is 5.75 Å². The van der Waals surface area contributed by atoms with Gasteiger partial charge in [0, 0.05) is 5.75 Å². The minimum absolute atomic E-state index is 0.0783. The maximum Gasteiger partial charge on any atom is 0.304 e. The zero-order chi connectivity index (χ0) is 14.3. The second-order valence-corrected chi connectivity index (χ2v) is 6.63. The molecule has 1 aromatic rings. The number of thioether (sulfide) groups is 1. The smallest absolute Gasteiger partial charge is 0.304 e. The van der Waals surface area contributed by atoms with E-state index < -0.39 is 10.8 Å². The van der Waals surface area contributed by atoms with Crippen LogP contribution < -0.4 is 0 Å². The molecule has 0 radical (unpaired) electrons. The molecular formula is C14H18Cl2O2S. The van der Waals surface area contributed by atoms with Crippen LogP contribution in [0.2, 0.25) is 0 Å². The average molecular weight is 321 g/mol. The number of alkyl halides is 2. The minimum atomic E-state index is -0.797. The van der Waals surface area contributed by atoms with Crippen molar-refractivity contribution in [3.8, 4) is 0 Å². The Hall–Kier alpha value is -0.380. The van der Waals surface area contributed by atoms with E-state index in [1.165, 1.54) is 17.3 Å². The number of aryl methyl sites for hydroxylation is 1. The largest absolute Gasteiger partial charge is 0.481 e. The van der Waals surface area contributed by atoms with Crippen LogP contribution in [0.5, 0.6) is 0 Å². The zero-order valence-corrected chi connectivity index (χ0v) is 13.1. The van der Waals surface area contributed by atoms with Crippen LogP contribution in [0.25, 0.3) is 0 Å². The summed E-state index contributed by atoms with van der Waals surface area (Å²) in [6.45, 7) is 2.13. The highest BCUT2D eigenvalue weighted by atomic mass is 35.5. The van der Waals surface area contributed by atoms with Gasteiger partial charge in [-0.25, -0.2) is 0 Å². The summed E-state index contributed by atoms with van der Waals surface area (Å²) in [7, 11) is 0. The predicted octanol–water partition coefficient (Wildman–Crippen LogP) is 4.69. The summed E-state index contributed by atoms with van der Waals surface area (Å²) in [5.41, 5.74) is 2.36. The van der Waals surface area contributed by atoms with E-state index in [0.717, 1.165) is 18.4 Å². The highest BCUT2D eigenvalue weighted by Crippen LogP contribution is 2.39. The molecule has 0 spiro atoms. The summed E-state index contributed by atoms with van der Waals surface area (Å²) in [6.07, 6.45) is 2.16. The molecule has 19 heavy (non-hydrogen) atoms. The third-order valence-electron chi connectivity index (χ3n) is 2.72. The van der Waals surface area contributed by atoms with Gasteiger partial charge in [0.15, 0.2) is 0 Å². The maximum absolute atomic E-state index is 10.6. The number of carboxylic acid groups (broad SMARTS) is 1. The number of hydrogen-bond donors (Lipinski definition) is 1. The van der Waals surface area contributed by atoms with Crippen LogP contribution in [0.15, 0.2) is 24.3 Å². The Balaban J connectivity index is 2.83. The fourth-order valence-electron chi connectivity index (χ4n) is 1.88. The first-order valence-electron chi connectivity index (χ1n) is 6.25. The van der Waals surface area contributed by atoms with Crippen molar-refractivity contribution in [3.63, 3.8) is 0 Å². The monoisotopic (exact) mass is 320 g/mol. The molecule has 0 fully saturated rings. The lowest BCUT2D eigenvalue weighted by atomic mass is 10.0. The molecule has 0 saturated heterocycles. The Morgan fingerprint density at radius 2 is 2.05 bits per heavy atom. The molecule has 106 valence electrons. The van der Waals surface area contributed by atoms with E-state index in [-0.39, 0.29) is 11.7 Å². The van der Waals surface area contributed by atoms with E-state index in [1.807, 2.05) is 18.2 Å². The van der Waals surface area contributed by atoms with Crippen LogP contribution in [0.1, 0.15) is 36.1 Å². The third-order valence-corrected chi connectivity index (χ3v) is 4.85. The summed E-state index contributed by atoms with van der Waals surface area (Å²) in [5, 5.41) is 8.62. The van der Waals surface area contributed by atoms with Gasteiger partial charge in [-0.05, 0) is 17.5 Å². The Bertz CT molecular complexity index is 410. The number of hydrogen-bond acceptors (Lipinski definition) is 2. The number of aliphatic carboxylic acids is 1. The summed E-state index contributed by atoms with van der Waals surface area (Å²) in [5.74, 6) is -0.287. The first-order valence-corrected chi connectivity index (χ1v) is 8.17. The van der Waals surface area contributed by atoms with Crippen molar-refractivity contribution in [2.45, 2.75) is 36.3 Å². The predicted molar refractivity (Wildman–Crippen MR) is 83.4 cm³/mol. The van der Waals surface area contributed by atoms with Crippen LogP contribution in [0.4, 0.5) is 0 Å². The Morgan fingerprint density at radius 1 is 1.37 bits per heavy atom. The highest BCUT2D eigenvalue weighted by molar-refractivity contribution is 7.99. The van der Waals surface area contributed by atoms with Gasteiger partial charge in [0.25, 0.3) is 0 Å². The number of halogens is 2. The van der Waals surface area contributed by atoms with Gasteiger partial charge in [0.05, 0.1) is 11.7 Å². The summed E-state index contributed by atoms with van der Waals surface area (Å²) in [6, 6.07) is 8.08. The van der Waals surface area contributed by atoms with Gasteiger partial charge in [-0.3, -0.25) is 4.79 Å². The first kappa shape index (κ1) is 16.7. The van der Waals surface area contributed by atoms with Crippen molar-refractivity contribution in [1.29, 1.82) is 0 Å². The second kappa shape index (κ2) is 8.72. The van der Waals surface area contributed by atoms with Gasteiger partial charge in [0.1, 0.15) is 4.84 Å². The highest BCUT2D eigenvalue weighted by Gasteiger charge is 2.22. The molecule has 5 heteroatoms. The van der Waals surface area contributed by atoms with Gasteiger partial charge >= 0.3 is 5.97 Å². The molecule has 0 amide bonds. The SMILES string of the molecule is CCCc1ccccc1C(SCCC(=O)O)C(Cl)Cl. The lowest BCUT2D eigenvalue weighted by Crippen LogP contribution is -2.08. The Labute approximate surface area is 128 Å². The zero-order valence-electron chi connectivity index (χ0n) is 10.8. The van der Waals surface area contributed by atoms with Gasteiger partial charge in [-0.1, -0.05) is 37.6 Å². The summed E-state index contributed by atoms with van der Waals surface area (Å²) >= 11 is 13.6. The molecule has 1 aromatic carbocycles. The van der Waals surface area contributed by atoms with E-state index in [2.05, 4.69) is 13.0 Å². The summed E-state index contributed by atoms with van der Waals surface area (Å²) < 4.78 is 0. The molecule has 2 nitrogen and oxygen atoms in total. The van der Waals surface area contributed by atoms with E-state index in [0.29, 0.717) is 5.75 Å². The first-order chi connectivity index (χ1) is 9.06. The fourth-order valence-corrected chi connectivity index (χ4v) is 3.69. The molecule has 0 bridgehead atoms. The molecule has 1 rings (SSSR count). The molecule has 0 aliphatic carbocycles. The third kappa shape index (κ3) is 5.64. The van der Waals surface area contributed by atoms with Gasteiger partial charge in [0.2, 0.25) is 0 Å². The van der Waals surface area contributed by atoms with Crippen LogP contribution in [0, 0.1) is 0 Å². The van der Waals surface area contributed by atoms with Crippen molar-refractivity contribution in [2.24, 2.45) is 0 Å². The van der Waals surface area contributed by atoms with Crippen LogP contribution in [-0.4, -0.2) is 21.7 Å². The molecule has 0 aliphatic heterocycles. The van der Waals surface area contributed by atoms with Crippen molar-refractivity contribution in [1.82, 2.24) is 0 Å². The van der Waals surface area contributed by atoms with E-state index in [1.54, 1.807) is 0 Å². The number of benzene rings is 1. The van der Waals surface area contributed by atoms with Crippen LogP contribution >= 0.6 is 35.0 Å². The lowest BCUT2D eigenvalue weighted by molar-refractivity contribution is -0.136. The Kier molecular flexibility index (Phi) is 7.66. The number of rotatable bonds is 8. The standard InChI is InChI=1S/C14H18Cl2O2S/c1-2-5-10-6-3-4-7-11(10)13(14(15)16)19-9-8-12(17)18/h3-4,6-7,13-14H,2,5,8-9H2,1H3,(H,17,18). The van der Waals surface area contributed by atoms with Crippen molar-refractivity contribution in [3.05, 3.63) is 35.4 Å². The molecule has 1 atom stereocenters. The molecular weight excluding hydrogens is 303 g/mol. The van der Waals surface area contributed by atoms with Gasteiger partial charge in [-0.15, -0.1) is 23.2 Å². The van der Waals surface area contributed by atoms with Crippen LogP contribution in [0.3, 0.4) is 0 Å². The molecule has 0 aromatic heterocycles. The van der Waals surface area contributed by atoms with Crippen LogP contribution in [-0.2, 0) is 11.2 Å². The number of carbonyl (C=O) groups is 1. The maximum atomic E-state index is 10.6. The van der Waals surface area contributed by atoms with E-state index >= 15 is 0 Å². The van der Waals surface area contributed by atoms with Crippen molar-refractivity contribution >= 4 is 40.9 Å². The second-order valence-electron chi connectivity index (χ2n) is 4.22. The normalized spacial score (nSPS) is 12.6. The van der Waals surface area contributed by atoms with Gasteiger partial charge < -0.3 is 5.11 Å². The molecule has 0 heterocycles. The Morgan fingerprint density at radius 3 is 2.63 bits per heavy atom. The number of carboxylic acids is 1. The molecule has 1 N–H and O–H groups in total. The fraction of sp³-hybridized carbons (Fsp3) is 0.500. The topological polar surface area (TPSA) is 37.3 Å². The molecule has 1 unspecified atom stereocenters. The molecule has 0 aliphatic rings. The lowest BCUT2D eigenvalue weighted by Gasteiger charge is -2.21. The quantitative estimate of drug-likeness (QED) is 0.706. The average Bonchev–Trinajstić information content (AvgIpc) is 2.35. The van der Waals surface area contributed by atoms with Crippen molar-refractivity contribution < 1.29 is 9.90 Å². The minimum Gasteiger partial charge on any atom is -0.481 e. The van der Waals surface area contributed by atoms with E-state index in [4.69, 9.17) is 28.3 Å². The molecule has 0 saturated carbocycles. The van der Waals surface area contributed by atoms with E-state index in [9.17, 15) is 4.79 Å². The summed E-state index contributed by atoms with van der Waals surface area (Å²) in [4.78, 5) is 10.0.